The Morgan fingerprint density at radius 3 is 2.51 bits per heavy atom. The number of fused-ring (bicyclic) bond motifs is 3. The molecule has 0 fully saturated rings. The summed E-state index contributed by atoms with van der Waals surface area (Å²) in [5.74, 6) is 0.448. The predicted molar refractivity (Wildman–Crippen MR) is 180 cm³/mol. The van der Waals surface area contributed by atoms with E-state index in [4.69, 9.17) is 11.6 Å². The third kappa shape index (κ3) is 4.96. The number of halogens is 1. The van der Waals surface area contributed by atoms with E-state index < -0.39 is 0 Å². The normalized spacial score (nSPS) is 32.7. The maximum absolute atomic E-state index is 6.70. The molecule has 7 aliphatic carbocycles. The first-order valence-electron chi connectivity index (χ1n) is 16.8. The summed E-state index contributed by atoms with van der Waals surface area (Å²) in [5, 5.41) is 1.08. The van der Waals surface area contributed by atoms with E-state index in [1.807, 2.05) is 0 Å². The SMILES string of the molecule is ClC1=C2CCC=CC2=C(C2=CCC(N(C3=CC4C(C=C3)C3=C(CCC=C3)N4C3C=CC=CC3)C3C=CCCC3)C=C2)CC1. The van der Waals surface area contributed by atoms with Crippen molar-refractivity contribution in [3.8, 4) is 0 Å². The van der Waals surface area contributed by atoms with Gasteiger partial charge in [0.25, 0.3) is 0 Å². The van der Waals surface area contributed by atoms with Crippen LogP contribution in [0.5, 0.6) is 0 Å². The molecule has 0 aromatic carbocycles. The first-order valence-corrected chi connectivity index (χ1v) is 17.2. The van der Waals surface area contributed by atoms with Crippen LogP contribution in [0, 0.1) is 5.92 Å². The van der Waals surface area contributed by atoms with Gasteiger partial charge >= 0.3 is 0 Å². The van der Waals surface area contributed by atoms with Crippen LogP contribution in [0.15, 0.2) is 142 Å². The van der Waals surface area contributed by atoms with E-state index in [2.05, 4.69) is 107 Å². The Morgan fingerprint density at radius 1 is 0.744 bits per heavy atom. The maximum Gasteiger partial charge on any atom is 0.0603 e. The topological polar surface area (TPSA) is 6.48 Å². The lowest BCUT2D eigenvalue weighted by molar-refractivity contribution is 0.215. The van der Waals surface area contributed by atoms with Gasteiger partial charge in [-0.15, -0.1) is 0 Å². The number of hydrogen-bond donors (Lipinski definition) is 0. The van der Waals surface area contributed by atoms with Gasteiger partial charge in [-0.05, 0) is 111 Å². The van der Waals surface area contributed by atoms with E-state index in [9.17, 15) is 0 Å². The highest BCUT2D eigenvalue weighted by atomic mass is 35.5. The first-order chi connectivity index (χ1) is 21.3. The Bertz CT molecular complexity index is 1550. The molecule has 0 radical (unpaired) electrons. The Labute approximate surface area is 262 Å². The van der Waals surface area contributed by atoms with Crippen LogP contribution in [0.1, 0.15) is 70.6 Å². The highest BCUT2D eigenvalue weighted by molar-refractivity contribution is 6.30. The van der Waals surface area contributed by atoms with Gasteiger partial charge in [0.15, 0.2) is 0 Å². The molecule has 43 heavy (non-hydrogen) atoms. The zero-order valence-electron chi connectivity index (χ0n) is 25.2. The minimum Gasteiger partial charge on any atom is -0.360 e. The summed E-state index contributed by atoms with van der Waals surface area (Å²) >= 11 is 6.70. The Morgan fingerprint density at radius 2 is 1.67 bits per heavy atom. The van der Waals surface area contributed by atoms with E-state index in [1.165, 1.54) is 47.3 Å². The third-order valence-electron chi connectivity index (χ3n) is 10.8. The van der Waals surface area contributed by atoms with Crippen molar-refractivity contribution < 1.29 is 0 Å². The van der Waals surface area contributed by atoms with Crippen molar-refractivity contribution >= 4 is 11.6 Å². The van der Waals surface area contributed by atoms with E-state index in [0.29, 0.717) is 30.1 Å². The summed E-state index contributed by atoms with van der Waals surface area (Å²) in [4.78, 5) is 5.54. The van der Waals surface area contributed by atoms with Gasteiger partial charge in [0.2, 0.25) is 0 Å². The largest absolute Gasteiger partial charge is 0.360 e. The second kappa shape index (κ2) is 11.7. The molecule has 0 saturated carbocycles. The average molecular weight is 587 g/mol. The molecule has 0 bridgehead atoms. The minimum absolute atomic E-state index is 0.355. The lowest BCUT2D eigenvalue weighted by Crippen LogP contribution is -2.45. The van der Waals surface area contributed by atoms with Gasteiger partial charge in [-0.3, -0.25) is 0 Å². The molecule has 1 aliphatic heterocycles. The summed E-state index contributed by atoms with van der Waals surface area (Å²) in [6, 6.07) is 1.61. The molecule has 0 saturated heterocycles. The predicted octanol–water partition coefficient (Wildman–Crippen LogP) is 9.83. The van der Waals surface area contributed by atoms with E-state index in [-0.39, 0.29) is 0 Å². The zero-order valence-corrected chi connectivity index (χ0v) is 25.9. The van der Waals surface area contributed by atoms with Crippen molar-refractivity contribution in [3.63, 3.8) is 0 Å². The molecule has 5 atom stereocenters. The summed E-state index contributed by atoms with van der Waals surface area (Å²) in [5.41, 5.74) is 10.2. The van der Waals surface area contributed by atoms with Crippen molar-refractivity contribution in [3.05, 3.63) is 142 Å². The van der Waals surface area contributed by atoms with Crippen molar-refractivity contribution in [1.82, 2.24) is 9.80 Å². The fourth-order valence-corrected chi connectivity index (χ4v) is 9.02. The average Bonchev–Trinajstić information content (AvgIpc) is 3.40. The third-order valence-corrected chi connectivity index (χ3v) is 11.2. The van der Waals surface area contributed by atoms with Crippen molar-refractivity contribution in [1.29, 1.82) is 0 Å². The maximum atomic E-state index is 6.70. The summed E-state index contributed by atoms with van der Waals surface area (Å²) in [6.45, 7) is 0. The smallest absolute Gasteiger partial charge is 0.0603 e. The minimum atomic E-state index is 0.355. The summed E-state index contributed by atoms with van der Waals surface area (Å²) in [7, 11) is 0. The molecule has 0 aromatic heterocycles. The monoisotopic (exact) mass is 586 g/mol. The van der Waals surface area contributed by atoms with Gasteiger partial charge in [-0.1, -0.05) is 96.7 Å². The van der Waals surface area contributed by atoms with Crippen LogP contribution in [0.4, 0.5) is 0 Å². The molecular formula is C40H43ClN2. The first kappa shape index (κ1) is 27.3. The highest BCUT2D eigenvalue weighted by Gasteiger charge is 2.42. The molecule has 220 valence electrons. The molecule has 0 aromatic rings. The van der Waals surface area contributed by atoms with Crippen molar-refractivity contribution in [2.75, 3.05) is 0 Å². The summed E-state index contributed by atoms with van der Waals surface area (Å²) in [6.07, 6.45) is 51.0. The molecule has 1 heterocycles. The lowest BCUT2D eigenvalue weighted by atomic mass is 9.80. The fraction of sp³-hybridized carbons (Fsp3) is 0.400. The molecule has 3 heteroatoms. The number of allylic oxidation sites excluding steroid dienone is 15. The van der Waals surface area contributed by atoms with E-state index in [1.54, 1.807) is 11.3 Å². The van der Waals surface area contributed by atoms with Gasteiger partial charge in [0, 0.05) is 28.4 Å². The zero-order chi connectivity index (χ0) is 28.8. The van der Waals surface area contributed by atoms with Crippen LogP contribution < -0.4 is 0 Å². The van der Waals surface area contributed by atoms with Gasteiger partial charge < -0.3 is 9.80 Å². The second-order valence-electron chi connectivity index (χ2n) is 13.2. The van der Waals surface area contributed by atoms with Crippen LogP contribution in [0.3, 0.4) is 0 Å². The van der Waals surface area contributed by atoms with Gasteiger partial charge in [0.1, 0.15) is 0 Å². The van der Waals surface area contributed by atoms with E-state index in [0.717, 1.165) is 56.4 Å². The molecule has 2 nitrogen and oxygen atoms in total. The van der Waals surface area contributed by atoms with Crippen molar-refractivity contribution in [2.45, 2.75) is 94.8 Å². The number of rotatable bonds is 5. The molecule has 0 spiro atoms. The van der Waals surface area contributed by atoms with Gasteiger partial charge in [-0.25, -0.2) is 0 Å². The lowest BCUT2D eigenvalue weighted by Gasteiger charge is -2.43. The molecule has 8 rings (SSSR count). The molecule has 8 aliphatic rings. The second-order valence-corrected chi connectivity index (χ2v) is 13.7. The Kier molecular flexibility index (Phi) is 7.43. The van der Waals surface area contributed by atoms with Crippen LogP contribution in [-0.2, 0) is 0 Å². The quantitative estimate of drug-likeness (QED) is 0.296. The van der Waals surface area contributed by atoms with Crippen LogP contribution in [-0.4, -0.2) is 34.0 Å². The fourth-order valence-electron chi connectivity index (χ4n) is 8.73. The standard InChI is InChI=1S/C40H43ClN2/c41-38-26-25-33(34-15-7-8-16-35(34)38)28-19-21-31(22-20-28)42(29-11-3-1-4-12-29)32-23-24-37-36-17-9-10-18-39(36)43(40(37)27-32)30-13-5-2-6-14-30/h2-3,5-7,9,11,13,15,17,19-21,23-24,27,29-31,37,40H,1,4,8,10,12,14,16,18,22,25-26H2. The Balaban J connectivity index is 1.11. The Hall–Kier alpha value is -3.23. The molecular weight excluding hydrogens is 544 g/mol. The highest BCUT2D eigenvalue weighted by Crippen LogP contribution is 2.46. The molecule has 5 unspecified atom stereocenters. The molecule has 0 N–H and O–H groups in total. The van der Waals surface area contributed by atoms with Crippen LogP contribution >= 0.6 is 11.6 Å². The number of hydrogen-bond acceptors (Lipinski definition) is 2. The van der Waals surface area contributed by atoms with Crippen LogP contribution in [0.2, 0.25) is 0 Å². The van der Waals surface area contributed by atoms with E-state index >= 15 is 0 Å². The van der Waals surface area contributed by atoms with Gasteiger partial charge in [0.05, 0.1) is 18.1 Å². The van der Waals surface area contributed by atoms with Gasteiger partial charge in [-0.2, -0.15) is 0 Å². The van der Waals surface area contributed by atoms with Crippen LogP contribution in [0.25, 0.3) is 0 Å². The summed E-state index contributed by atoms with van der Waals surface area (Å²) < 4.78 is 0. The molecule has 0 amide bonds. The van der Waals surface area contributed by atoms with Crippen molar-refractivity contribution in [2.24, 2.45) is 5.92 Å². The number of nitrogens with zero attached hydrogens (tertiary/aromatic N) is 2.